The average molecular weight is 403 g/mol. The number of aryl methyl sites for hydroxylation is 2. The van der Waals surface area contributed by atoms with Crippen molar-refractivity contribution in [2.75, 3.05) is 6.54 Å². The molecule has 8 nitrogen and oxygen atoms in total. The van der Waals surface area contributed by atoms with Gasteiger partial charge in [0.15, 0.2) is 0 Å². The minimum atomic E-state index is -0.263. The Kier molecular flexibility index (Phi) is 6.11. The van der Waals surface area contributed by atoms with Crippen LogP contribution in [-0.2, 0) is 31.0 Å². The zero-order valence-electron chi connectivity index (χ0n) is 15.6. The van der Waals surface area contributed by atoms with E-state index in [-0.39, 0.29) is 30.4 Å². The maximum Gasteiger partial charge on any atom is 0.275 e. The number of halogens is 1. The molecule has 1 aliphatic rings. The van der Waals surface area contributed by atoms with Gasteiger partial charge in [-0.25, -0.2) is 4.68 Å². The normalized spacial score (nSPS) is 13.5. The van der Waals surface area contributed by atoms with E-state index in [1.807, 2.05) is 35.9 Å². The number of amides is 1. The number of aromatic nitrogens is 4. The van der Waals surface area contributed by atoms with E-state index in [9.17, 15) is 9.59 Å². The van der Waals surface area contributed by atoms with Crippen molar-refractivity contribution in [3.8, 4) is 0 Å². The van der Waals surface area contributed by atoms with Gasteiger partial charge >= 0.3 is 0 Å². The van der Waals surface area contributed by atoms with Gasteiger partial charge in [0, 0.05) is 18.5 Å². The highest BCUT2D eigenvalue weighted by atomic mass is 35.5. The summed E-state index contributed by atoms with van der Waals surface area (Å²) in [6.45, 7) is 4.72. The first-order valence-corrected chi connectivity index (χ1v) is 9.11. The molecule has 0 bridgehead atoms. The highest BCUT2D eigenvalue weighted by molar-refractivity contribution is 5.85. The predicted octanol–water partition coefficient (Wildman–Crippen LogP) is 1.13. The van der Waals surface area contributed by atoms with Gasteiger partial charge in [-0.3, -0.25) is 14.3 Å². The Balaban J connectivity index is 0.00000225. The van der Waals surface area contributed by atoms with Crippen LogP contribution < -0.4 is 16.2 Å². The fourth-order valence-electron chi connectivity index (χ4n) is 3.40. The van der Waals surface area contributed by atoms with Crippen molar-refractivity contribution in [3.05, 3.63) is 57.8 Å². The molecule has 148 valence electrons. The minimum absolute atomic E-state index is 0. The first-order chi connectivity index (χ1) is 13.1. The highest BCUT2D eigenvalue weighted by Crippen LogP contribution is 2.12. The molecule has 2 aromatic heterocycles. The monoisotopic (exact) mass is 402 g/mol. The van der Waals surface area contributed by atoms with E-state index < -0.39 is 0 Å². The number of carbonyl (C=O) groups excluding carboxylic acids is 1. The van der Waals surface area contributed by atoms with E-state index in [2.05, 4.69) is 20.8 Å². The number of rotatable bonds is 4. The van der Waals surface area contributed by atoms with Crippen molar-refractivity contribution in [1.29, 1.82) is 0 Å². The molecule has 0 aliphatic carbocycles. The molecule has 1 aromatic carbocycles. The Morgan fingerprint density at radius 3 is 2.86 bits per heavy atom. The van der Waals surface area contributed by atoms with Crippen LogP contribution in [0.2, 0.25) is 0 Å². The Labute approximate surface area is 168 Å². The molecule has 0 spiro atoms. The van der Waals surface area contributed by atoms with Crippen molar-refractivity contribution in [2.45, 2.75) is 39.5 Å². The first-order valence-electron chi connectivity index (χ1n) is 9.11. The molecule has 2 N–H and O–H groups in total. The zero-order chi connectivity index (χ0) is 18.8. The highest BCUT2D eigenvalue weighted by Gasteiger charge is 2.13. The Hall–Kier alpha value is -2.71. The lowest BCUT2D eigenvalue weighted by molar-refractivity contribution is -0.122. The van der Waals surface area contributed by atoms with Gasteiger partial charge in [0.25, 0.3) is 5.56 Å². The molecule has 3 heterocycles. The molecule has 3 aromatic rings. The van der Waals surface area contributed by atoms with Gasteiger partial charge in [0.05, 0.1) is 29.0 Å². The first kappa shape index (κ1) is 20.0. The van der Waals surface area contributed by atoms with Crippen LogP contribution in [0.3, 0.4) is 0 Å². The summed E-state index contributed by atoms with van der Waals surface area (Å²) in [5, 5.41) is 16.4. The van der Waals surface area contributed by atoms with Gasteiger partial charge in [-0.15, -0.1) is 12.4 Å². The summed E-state index contributed by atoms with van der Waals surface area (Å²) < 4.78 is 3.21. The van der Waals surface area contributed by atoms with E-state index in [1.165, 1.54) is 4.68 Å². The third-order valence-corrected chi connectivity index (χ3v) is 4.76. The number of benzene rings is 1. The fourth-order valence-corrected chi connectivity index (χ4v) is 3.40. The van der Waals surface area contributed by atoms with Crippen LogP contribution in [0.4, 0.5) is 0 Å². The van der Waals surface area contributed by atoms with Gasteiger partial charge in [0.1, 0.15) is 6.54 Å². The smallest absolute Gasteiger partial charge is 0.275 e. The third-order valence-electron chi connectivity index (χ3n) is 4.76. The minimum Gasteiger partial charge on any atom is -0.349 e. The molecule has 0 fully saturated rings. The maximum atomic E-state index is 12.6. The number of hydrogen-bond donors (Lipinski definition) is 2. The summed E-state index contributed by atoms with van der Waals surface area (Å²) in [7, 11) is 0. The summed E-state index contributed by atoms with van der Waals surface area (Å²) in [4.78, 5) is 24.9. The molecular weight excluding hydrogens is 380 g/mol. The van der Waals surface area contributed by atoms with Crippen molar-refractivity contribution in [2.24, 2.45) is 0 Å². The van der Waals surface area contributed by atoms with Crippen molar-refractivity contribution in [1.82, 2.24) is 30.2 Å². The molecule has 0 radical (unpaired) electrons. The van der Waals surface area contributed by atoms with E-state index in [0.29, 0.717) is 11.9 Å². The third kappa shape index (κ3) is 4.07. The van der Waals surface area contributed by atoms with Crippen molar-refractivity contribution < 1.29 is 4.79 Å². The lowest BCUT2D eigenvalue weighted by atomic mass is 10.1. The topological polar surface area (TPSA) is 93.8 Å². The van der Waals surface area contributed by atoms with Crippen LogP contribution >= 0.6 is 12.4 Å². The van der Waals surface area contributed by atoms with Crippen LogP contribution in [0.1, 0.15) is 23.5 Å². The summed E-state index contributed by atoms with van der Waals surface area (Å²) in [6, 6.07) is 9.30. The summed E-state index contributed by atoms with van der Waals surface area (Å²) in [6.07, 6.45) is 1.04. The Morgan fingerprint density at radius 1 is 1.25 bits per heavy atom. The van der Waals surface area contributed by atoms with Gasteiger partial charge < -0.3 is 10.6 Å². The molecule has 0 saturated carbocycles. The van der Waals surface area contributed by atoms with Gasteiger partial charge in [-0.2, -0.15) is 10.2 Å². The molecule has 4 rings (SSSR count). The number of nitrogens with one attached hydrogen (secondary N) is 2. The largest absolute Gasteiger partial charge is 0.349 e. The standard InChI is InChI=1S/C19H22N6O2.ClH/c1-13-16-5-2-3-6-17(16)19(27)25(22-13)12-18(26)21-10-14-9-15-11-20-7-4-8-24(15)23-14;/h2-3,5-6,9,20H,4,7-8,10-12H2,1H3,(H,21,26);1H. The van der Waals surface area contributed by atoms with Crippen molar-refractivity contribution >= 4 is 29.1 Å². The quantitative estimate of drug-likeness (QED) is 0.682. The molecular formula is C19H23ClN6O2. The lowest BCUT2D eigenvalue weighted by Crippen LogP contribution is -2.34. The van der Waals surface area contributed by atoms with E-state index in [0.717, 1.165) is 48.5 Å². The number of hydrogen-bond acceptors (Lipinski definition) is 5. The van der Waals surface area contributed by atoms with Crippen molar-refractivity contribution in [3.63, 3.8) is 0 Å². The van der Waals surface area contributed by atoms with Gasteiger partial charge in [-0.1, -0.05) is 18.2 Å². The second-order valence-electron chi connectivity index (χ2n) is 6.75. The van der Waals surface area contributed by atoms with Crippen LogP contribution in [0.15, 0.2) is 35.1 Å². The van der Waals surface area contributed by atoms with Gasteiger partial charge in [0.2, 0.25) is 5.91 Å². The van der Waals surface area contributed by atoms with E-state index in [4.69, 9.17) is 0 Å². The molecule has 0 unspecified atom stereocenters. The maximum absolute atomic E-state index is 12.6. The molecule has 1 amide bonds. The second-order valence-corrected chi connectivity index (χ2v) is 6.75. The molecule has 9 heteroatoms. The molecule has 0 atom stereocenters. The summed E-state index contributed by atoms with van der Waals surface area (Å²) in [5.41, 5.74) is 2.41. The van der Waals surface area contributed by atoms with Crippen LogP contribution in [0.5, 0.6) is 0 Å². The predicted molar refractivity (Wildman–Crippen MR) is 108 cm³/mol. The van der Waals surface area contributed by atoms with E-state index >= 15 is 0 Å². The molecule has 0 saturated heterocycles. The Morgan fingerprint density at radius 2 is 2.04 bits per heavy atom. The van der Waals surface area contributed by atoms with Gasteiger partial charge in [-0.05, 0) is 32.0 Å². The van der Waals surface area contributed by atoms with Crippen LogP contribution in [-0.4, -0.2) is 32.0 Å². The summed E-state index contributed by atoms with van der Waals surface area (Å²) in [5.74, 6) is -0.263. The number of fused-ring (bicyclic) bond motifs is 2. The summed E-state index contributed by atoms with van der Waals surface area (Å²) >= 11 is 0. The molecule has 1 aliphatic heterocycles. The van der Waals surface area contributed by atoms with E-state index in [1.54, 1.807) is 6.07 Å². The molecule has 28 heavy (non-hydrogen) atoms. The van der Waals surface area contributed by atoms with Crippen LogP contribution in [0, 0.1) is 6.92 Å². The average Bonchev–Trinajstić information content (AvgIpc) is 2.93. The van der Waals surface area contributed by atoms with Crippen LogP contribution in [0.25, 0.3) is 10.8 Å². The fraction of sp³-hybridized carbons (Fsp3) is 0.368. The second kappa shape index (κ2) is 8.53. The zero-order valence-corrected chi connectivity index (χ0v) is 16.5. The Bertz CT molecular complexity index is 1030. The number of nitrogens with zero attached hydrogens (tertiary/aromatic N) is 4. The SMILES string of the molecule is Cc1nn(CC(=O)NCc2cc3n(n2)CCCNC3)c(=O)c2ccccc12.Cl. The number of carbonyl (C=O) groups is 1. The lowest BCUT2D eigenvalue weighted by Gasteiger charge is -2.09.